The molecule has 1 nitrogen and oxygen atoms in total. The van der Waals surface area contributed by atoms with Gasteiger partial charge in [-0.05, 0) is 18.9 Å². The van der Waals surface area contributed by atoms with Crippen LogP contribution in [-0.4, -0.2) is 6.30 Å². The third kappa shape index (κ3) is 1.70. The minimum Gasteiger partial charge on any atom is -0.281 e. The molecule has 2 rings (SSSR count). The van der Waals surface area contributed by atoms with Gasteiger partial charge in [-0.1, -0.05) is 18.2 Å². The second kappa shape index (κ2) is 3.42. The molecule has 1 heterocycles. The molecule has 0 saturated carbocycles. The first-order valence-corrected chi connectivity index (χ1v) is 4.42. The summed E-state index contributed by atoms with van der Waals surface area (Å²) in [5.41, 5.74) is 0.572. The van der Waals surface area contributed by atoms with Gasteiger partial charge in [0, 0.05) is 11.6 Å². The fourth-order valence-electron chi connectivity index (χ4n) is 1.70. The van der Waals surface area contributed by atoms with E-state index in [1.807, 2.05) is 0 Å². The van der Waals surface area contributed by atoms with Crippen LogP contribution in [0.15, 0.2) is 24.3 Å². The van der Waals surface area contributed by atoms with E-state index in [4.69, 9.17) is 0 Å². The van der Waals surface area contributed by atoms with Crippen molar-refractivity contribution in [2.45, 2.75) is 25.2 Å². The Balaban J connectivity index is 2.21. The molecule has 1 aliphatic heterocycles. The highest BCUT2D eigenvalue weighted by molar-refractivity contribution is 5.22. The monoisotopic (exact) mass is 183 g/mol. The van der Waals surface area contributed by atoms with Crippen LogP contribution in [0.1, 0.15) is 24.4 Å². The number of rotatable bonds is 1. The second-order valence-electron chi connectivity index (χ2n) is 3.29. The first-order valence-electron chi connectivity index (χ1n) is 4.42. The zero-order chi connectivity index (χ0) is 9.26. The molecule has 1 aliphatic rings. The van der Waals surface area contributed by atoms with Gasteiger partial charge in [-0.2, -0.15) is 0 Å². The molecule has 3 heteroatoms. The first-order chi connectivity index (χ1) is 6.27. The SMILES string of the molecule is Fc1ccccc1C1CCC(F)N1. The fraction of sp³-hybridized carbons (Fsp3) is 0.400. The number of halogens is 2. The minimum absolute atomic E-state index is 0.156. The van der Waals surface area contributed by atoms with Crippen LogP contribution >= 0.6 is 0 Å². The van der Waals surface area contributed by atoms with Crippen LogP contribution in [-0.2, 0) is 0 Å². The van der Waals surface area contributed by atoms with Crippen LogP contribution in [0.2, 0.25) is 0 Å². The summed E-state index contributed by atoms with van der Waals surface area (Å²) in [5, 5.41) is 2.70. The number of hydrogen-bond donors (Lipinski definition) is 1. The molecule has 1 N–H and O–H groups in total. The van der Waals surface area contributed by atoms with Crippen molar-refractivity contribution in [3.05, 3.63) is 35.6 Å². The number of benzene rings is 1. The minimum atomic E-state index is -0.982. The zero-order valence-electron chi connectivity index (χ0n) is 7.13. The maximum atomic E-state index is 13.2. The van der Waals surface area contributed by atoms with Crippen LogP contribution in [0.3, 0.4) is 0 Å². The average molecular weight is 183 g/mol. The second-order valence-corrected chi connectivity index (χ2v) is 3.29. The van der Waals surface area contributed by atoms with Gasteiger partial charge in [0.1, 0.15) is 5.82 Å². The molecule has 0 amide bonds. The molecule has 1 aromatic rings. The molecular formula is C10H11F2N. The zero-order valence-corrected chi connectivity index (χ0v) is 7.13. The molecule has 0 aromatic heterocycles. The van der Waals surface area contributed by atoms with Gasteiger partial charge < -0.3 is 0 Å². The lowest BCUT2D eigenvalue weighted by Crippen LogP contribution is -2.20. The van der Waals surface area contributed by atoms with E-state index in [1.165, 1.54) is 6.07 Å². The van der Waals surface area contributed by atoms with E-state index in [0.29, 0.717) is 18.4 Å². The quantitative estimate of drug-likeness (QED) is 0.660. The molecule has 2 unspecified atom stereocenters. The van der Waals surface area contributed by atoms with Crippen molar-refractivity contribution in [1.29, 1.82) is 0 Å². The Hall–Kier alpha value is -0.960. The van der Waals surface area contributed by atoms with Crippen LogP contribution in [0, 0.1) is 5.82 Å². The summed E-state index contributed by atoms with van der Waals surface area (Å²) in [5.74, 6) is -0.255. The Labute approximate surface area is 75.8 Å². The Kier molecular flexibility index (Phi) is 2.27. The van der Waals surface area contributed by atoms with Gasteiger partial charge in [-0.3, -0.25) is 5.32 Å². The van der Waals surface area contributed by atoms with Crippen molar-refractivity contribution in [3.63, 3.8) is 0 Å². The Morgan fingerprint density at radius 3 is 2.62 bits per heavy atom. The number of alkyl halides is 1. The van der Waals surface area contributed by atoms with E-state index < -0.39 is 6.30 Å². The van der Waals surface area contributed by atoms with Crippen LogP contribution in [0.25, 0.3) is 0 Å². The van der Waals surface area contributed by atoms with E-state index in [9.17, 15) is 8.78 Å². The van der Waals surface area contributed by atoms with Gasteiger partial charge in [0.2, 0.25) is 0 Å². The maximum absolute atomic E-state index is 13.2. The Morgan fingerprint density at radius 1 is 1.23 bits per heavy atom. The van der Waals surface area contributed by atoms with Gasteiger partial charge in [0.15, 0.2) is 6.30 Å². The molecule has 1 fully saturated rings. The van der Waals surface area contributed by atoms with Crippen molar-refractivity contribution in [2.24, 2.45) is 0 Å². The predicted molar refractivity (Wildman–Crippen MR) is 46.4 cm³/mol. The van der Waals surface area contributed by atoms with Crippen LogP contribution < -0.4 is 5.32 Å². The summed E-state index contributed by atoms with van der Waals surface area (Å²) in [7, 11) is 0. The standard InChI is InChI=1S/C10H11F2N/c11-8-4-2-1-3-7(8)9-5-6-10(12)13-9/h1-4,9-10,13H,5-6H2. The summed E-state index contributed by atoms with van der Waals surface area (Å²) in [6.45, 7) is 0. The van der Waals surface area contributed by atoms with Gasteiger partial charge >= 0.3 is 0 Å². The summed E-state index contributed by atoms with van der Waals surface area (Å²) >= 11 is 0. The van der Waals surface area contributed by atoms with Crippen LogP contribution in [0.5, 0.6) is 0 Å². The van der Waals surface area contributed by atoms with E-state index >= 15 is 0 Å². The van der Waals surface area contributed by atoms with E-state index in [-0.39, 0.29) is 11.9 Å². The first kappa shape index (κ1) is 8.63. The lowest BCUT2D eigenvalue weighted by molar-refractivity contribution is 0.298. The van der Waals surface area contributed by atoms with Gasteiger partial charge in [0.05, 0.1) is 0 Å². The lowest BCUT2D eigenvalue weighted by Gasteiger charge is -2.11. The van der Waals surface area contributed by atoms with E-state index in [1.54, 1.807) is 18.2 Å². The normalized spacial score (nSPS) is 27.8. The van der Waals surface area contributed by atoms with Crippen molar-refractivity contribution < 1.29 is 8.78 Å². The van der Waals surface area contributed by atoms with Crippen molar-refractivity contribution in [3.8, 4) is 0 Å². The number of hydrogen-bond acceptors (Lipinski definition) is 1. The molecule has 70 valence electrons. The lowest BCUT2D eigenvalue weighted by atomic mass is 10.1. The maximum Gasteiger partial charge on any atom is 0.151 e. The average Bonchev–Trinajstić information content (AvgIpc) is 2.53. The molecule has 0 aliphatic carbocycles. The topological polar surface area (TPSA) is 12.0 Å². The van der Waals surface area contributed by atoms with Crippen LogP contribution in [0.4, 0.5) is 8.78 Å². The molecule has 0 bridgehead atoms. The highest BCUT2D eigenvalue weighted by atomic mass is 19.1. The Bertz CT molecular complexity index is 301. The van der Waals surface area contributed by atoms with E-state index in [2.05, 4.69) is 5.32 Å². The summed E-state index contributed by atoms with van der Waals surface area (Å²) in [4.78, 5) is 0. The van der Waals surface area contributed by atoms with Crippen molar-refractivity contribution in [1.82, 2.24) is 5.32 Å². The number of nitrogens with one attached hydrogen (secondary N) is 1. The summed E-state index contributed by atoms with van der Waals surface area (Å²) in [6, 6.07) is 6.36. The van der Waals surface area contributed by atoms with Gasteiger partial charge in [0.25, 0.3) is 0 Å². The molecule has 2 atom stereocenters. The van der Waals surface area contributed by atoms with Gasteiger partial charge in [-0.15, -0.1) is 0 Å². The predicted octanol–water partition coefficient (Wildman–Crippen LogP) is 2.55. The molecule has 0 spiro atoms. The Morgan fingerprint density at radius 2 is 2.00 bits per heavy atom. The van der Waals surface area contributed by atoms with E-state index in [0.717, 1.165) is 0 Å². The van der Waals surface area contributed by atoms with Gasteiger partial charge in [-0.25, -0.2) is 8.78 Å². The summed E-state index contributed by atoms with van der Waals surface area (Å²) < 4.78 is 26.0. The largest absolute Gasteiger partial charge is 0.281 e. The third-order valence-electron chi connectivity index (χ3n) is 2.37. The third-order valence-corrected chi connectivity index (χ3v) is 2.37. The molecule has 13 heavy (non-hydrogen) atoms. The summed E-state index contributed by atoms with van der Waals surface area (Å²) in [6.07, 6.45) is 0.158. The molecular weight excluding hydrogens is 172 g/mol. The smallest absolute Gasteiger partial charge is 0.151 e. The molecule has 1 aromatic carbocycles. The molecule has 0 radical (unpaired) electrons. The highest BCUT2D eigenvalue weighted by Gasteiger charge is 2.25. The van der Waals surface area contributed by atoms with Crippen molar-refractivity contribution >= 4 is 0 Å². The fourth-order valence-corrected chi connectivity index (χ4v) is 1.70. The van der Waals surface area contributed by atoms with Crippen molar-refractivity contribution in [2.75, 3.05) is 0 Å². The highest BCUT2D eigenvalue weighted by Crippen LogP contribution is 2.28. The molecule has 1 saturated heterocycles.